The maximum atomic E-state index is 11.4. The number of nitrogens with zero attached hydrogens (tertiary/aromatic N) is 2. The van der Waals surface area contributed by atoms with E-state index in [2.05, 4.69) is 24.0 Å². The lowest BCUT2D eigenvalue weighted by molar-refractivity contribution is -0.131. The first-order chi connectivity index (χ1) is 10.6. The normalized spacial score (nSPS) is 25.5. The van der Waals surface area contributed by atoms with Gasteiger partial charge in [0.2, 0.25) is 5.91 Å². The van der Waals surface area contributed by atoms with Crippen LogP contribution in [0.25, 0.3) is 0 Å². The van der Waals surface area contributed by atoms with Crippen molar-refractivity contribution in [3.05, 3.63) is 29.3 Å². The van der Waals surface area contributed by atoms with Crippen LogP contribution in [0.1, 0.15) is 31.1 Å². The molecule has 0 spiro atoms. The number of carbonyl (C=O) groups excluding carboxylic acids is 1. The molecule has 0 saturated carbocycles. The minimum absolute atomic E-state index is 0.0336. The van der Waals surface area contributed by atoms with E-state index in [9.17, 15) is 9.90 Å². The zero-order chi connectivity index (χ0) is 15.7. The Morgan fingerprint density at radius 3 is 2.68 bits per heavy atom. The number of piperazine rings is 1. The molecule has 1 fully saturated rings. The van der Waals surface area contributed by atoms with Crippen LogP contribution in [0.4, 0.5) is 0 Å². The Morgan fingerprint density at radius 1 is 1.32 bits per heavy atom. The van der Waals surface area contributed by atoms with Crippen molar-refractivity contribution in [2.45, 2.75) is 32.4 Å². The van der Waals surface area contributed by atoms with E-state index in [0.29, 0.717) is 6.61 Å². The van der Waals surface area contributed by atoms with Gasteiger partial charge in [0.05, 0.1) is 6.04 Å². The van der Waals surface area contributed by atoms with E-state index in [0.717, 1.165) is 43.9 Å². The van der Waals surface area contributed by atoms with Gasteiger partial charge in [0.1, 0.15) is 18.5 Å². The topological polar surface area (TPSA) is 53.0 Å². The van der Waals surface area contributed by atoms with Crippen LogP contribution in [0.3, 0.4) is 0 Å². The van der Waals surface area contributed by atoms with E-state index in [1.807, 2.05) is 11.0 Å². The minimum Gasteiger partial charge on any atom is -0.491 e. The van der Waals surface area contributed by atoms with E-state index < -0.39 is 6.10 Å². The van der Waals surface area contributed by atoms with E-state index in [4.69, 9.17) is 4.74 Å². The summed E-state index contributed by atoms with van der Waals surface area (Å²) in [6.45, 7) is 7.23. The Balaban J connectivity index is 1.73. The van der Waals surface area contributed by atoms with Gasteiger partial charge >= 0.3 is 0 Å². The second kappa shape index (κ2) is 6.26. The molecule has 2 aliphatic heterocycles. The lowest BCUT2D eigenvalue weighted by Gasteiger charge is -2.42. The monoisotopic (exact) mass is 304 g/mol. The van der Waals surface area contributed by atoms with Gasteiger partial charge < -0.3 is 14.7 Å². The van der Waals surface area contributed by atoms with E-state index in [-0.39, 0.29) is 11.9 Å². The maximum absolute atomic E-state index is 11.4. The van der Waals surface area contributed by atoms with Crippen molar-refractivity contribution in [1.29, 1.82) is 0 Å². The molecule has 0 radical (unpaired) electrons. The van der Waals surface area contributed by atoms with Crippen molar-refractivity contribution < 1.29 is 14.6 Å². The first kappa shape index (κ1) is 15.3. The van der Waals surface area contributed by atoms with Crippen LogP contribution in [0.15, 0.2) is 18.2 Å². The molecule has 120 valence electrons. The number of carbonyl (C=O) groups is 1. The highest BCUT2D eigenvalue weighted by atomic mass is 16.5. The highest BCUT2D eigenvalue weighted by molar-refractivity contribution is 5.73. The molecule has 1 amide bonds. The smallest absolute Gasteiger partial charge is 0.219 e. The Morgan fingerprint density at radius 2 is 2.05 bits per heavy atom. The fourth-order valence-electron chi connectivity index (χ4n) is 3.33. The molecular formula is C17H24N2O3. The number of fused-ring (bicyclic) bond motifs is 1. The van der Waals surface area contributed by atoms with Crippen LogP contribution in [0.5, 0.6) is 5.75 Å². The number of aliphatic hydroxyl groups excluding tert-OH is 1. The van der Waals surface area contributed by atoms with Crippen molar-refractivity contribution in [2.75, 3.05) is 32.8 Å². The SMILES string of the molecule is CCc1ccc2c(c1)C(O)C(N1CCN(C(C)=O)CC1)CO2. The van der Waals surface area contributed by atoms with Crippen LogP contribution in [0.2, 0.25) is 0 Å². The molecule has 2 heterocycles. The average Bonchev–Trinajstić information content (AvgIpc) is 2.55. The van der Waals surface area contributed by atoms with Crippen molar-refractivity contribution in [1.82, 2.24) is 9.80 Å². The Kier molecular flexibility index (Phi) is 4.36. The minimum atomic E-state index is -0.529. The molecule has 1 aromatic rings. The van der Waals surface area contributed by atoms with E-state index in [1.54, 1.807) is 6.92 Å². The lowest BCUT2D eigenvalue weighted by atomic mass is 9.95. The van der Waals surface area contributed by atoms with Crippen molar-refractivity contribution in [2.24, 2.45) is 0 Å². The Hall–Kier alpha value is -1.59. The number of hydrogen-bond donors (Lipinski definition) is 1. The molecule has 0 aromatic heterocycles. The van der Waals surface area contributed by atoms with Crippen LogP contribution in [-0.4, -0.2) is 59.6 Å². The molecule has 2 atom stereocenters. The quantitative estimate of drug-likeness (QED) is 0.892. The fourth-order valence-corrected chi connectivity index (χ4v) is 3.33. The van der Waals surface area contributed by atoms with Gasteiger partial charge in [-0.05, 0) is 24.1 Å². The van der Waals surface area contributed by atoms with E-state index in [1.165, 1.54) is 5.56 Å². The standard InChI is InChI=1S/C17H24N2O3/c1-3-13-4-5-16-14(10-13)17(21)15(11-22-16)19-8-6-18(7-9-19)12(2)20/h4-5,10,15,17,21H,3,6-9,11H2,1-2H3. The molecule has 2 aliphatic rings. The summed E-state index contributed by atoms with van der Waals surface area (Å²) in [5.74, 6) is 0.918. The molecule has 5 heteroatoms. The first-order valence-electron chi connectivity index (χ1n) is 8.03. The third kappa shape index (κ3) is 2.83. The second-order valence-corrected chi connectivity index (χ2v) is 6.09. The largest absolute Gasteiger partial charge is 0.491 e. The van der Waals surface area contributed by atoms with Gasteiger partial charge in [0.15, 0.2) is 0 Å². The summed E-state index contributed by atoms with van der Waals surface area (Å²) in [4.78, 5) is 15.5. The number of benzene rings is 1. The second-order valence-electron chi connectivity index (χ2n) is 6.09. The molecule has 3 rings (SSSR count). The van der Waals surface area contributed by atoms with Gasteiger partial charge in [0.25, 0.3) is 0 Å². The molecule has 5 nitrogen and oxygen atoms in total. The zero-order valence-electron chi connectivity index (χ0n) is 13.3. The van der Waals surface area contributed by atoms with Crippen LogP contribution < -0.4 is 4.74 Å². The van der Waals surface area contributed by atoms with Crippen LogP contribution in [-0.2, 0) is 11.2 Å². The maximum Gasteiger partial charge on any atom is 0.219 e. The summed E-state index contributed by atoms with van der Waals surface area (Å²) < 4.78 is 5.85. The molecule has 1 aromatic carbocycles. The predicted octanol–water partition coefficient (Wildman–Crippen LogP) is 1.21. The first-order valence-corrected chi connectivity index (χ1v) is 8.03. The highest BCUT2D eigenvalue weighted by Gasteiger charge is 2.35. The number of aliphatic hydroxyl groups is 1. The molecule has 0 bridgehead atoms. The molecule has 2 unspecified atom stereocenters. The van der Waals surface area contributed by atoms with Crippen LogP contribution in [0, 0.1) is 0 Å². The lowest BCUT2D eigenvalue weighted by Crippen LogP contribution is -2.55. The third-order valence-electron chi connectivity index (χ3n) is 4.80. The molecule has 1 saturated heterocycles. The molecular weight excluding hydrogens is 280 g/mol. The molecule has 1 N–H and O–H groups in total. The van der Waals surface area contributed by atoms with Crippen LogP contribution >= 0.6 is 0 Å². The van der Waals surface area contributed by atoms with E-state index >= 15 is 0 Å². The van der Waals surface area contributed by atoms with Gasteiger partial charge in [-0.3, -0.25) is 9.69 Å². The van der Waals surface area contributed by atoms with Gasteiger partial charge in [-0.15, -0.1) is 0 Å². The average molecular weight is 304 g/mol. The summed E-state index contributed by atoms with van der Waals surface area (Å²) in [6, 6.07) is 6.03. The number of rotatable bonds is 2. The zero-order valence-corrected chi connectivity index (χ0v) is 13.3. The predicted molar refractivity (Wildman–Crippen MR) is 83.9 cm³/mol. The fraction of sp³-hybridized carbons (Fsp3) is 0.588. The van der Waals surface area contributed by atoms with Crippen molar-refractivity contribution >= 4 is 5.91 Å². The van der Waals surface area contributed by atoms with Gasteiger partial charge in [0, 0.05) is 38.7 Å². The van der Waals surface area contributed by atoms with Crippen molar-refractivity contribution in [3.63, 3.8) is 0 Å². The summed E-state index contributed by atoms with van der Waals surface area (Å²) in [6.07, 6.45) is 0.418. The summed E-state index contributed by atoms with van der Waals surface area (Å²) in [5, 5.41) is 10.8. The van der Waals surface area contributed by atoms with Gasteiger partial charge in [-0.25, -0.2) is 0 Å². The number of hydrogen-bond acceptors (Lipinski definition) is 4. The molecule has 0 aliphatic carbocycles. The van der Waals surface area contributed by atoms with Gasteiger partial charge in [-0.1, -0.05) is 13.0 Å². The Bertz CT molecular complexity index is 553. The summed E-state index contributed by atoms with van der Waals surface area (Å²) in [7, 11) is 0. The summed E-state index contributed by atoms with van der Waals surface area (Å²) in [5.41, 5.74) is 2.10. The number of aryl methyl sites for hydroxylation is 1. The number of amides is 1. The number of ether oxygens (including phenoxy) is 1. The molecule has 22 heavy (non-hydrogen) atoms. The third-order valence-corrected chi connectivity index (χ3v) is 4.80. The Labute approximate surface area is 131 Å². The highest BCUT2D eigenvalue weighted by Crippen LogP contribution is 2.35. The summed E-state index contributed by atoms with van der Waals surface area (Å²) >= 11 is 0. The van der Waals surface area contributed by atoms with Crippen molar-refractivity contribution in [3.8, 4) is 5.75 Å². The van der Waals surface area contributed by atoms with Gasteiger partial charge in [-0.2, -0.15) is 0 Å².